The topological polar surface area (TPSA) is 92.5 Å². The van der Waals surface area contributed by atoms with Crippen LogP contribution in [0.15, 0.2) is 47.4 Å². The first kappa shape index (κ1) is 22.2. The van der Waals surface area contributed by atoms with Gasteiger partial charge in [0.2, 0.25) is 15.9 Å². The van der Waals surface area contributed by atoms with Crippen LogP contribution < -0.4 is 11.1 Å². The van der Waals surface area contributed by atoms with E-state index in [4.69, 9.17) is 5.73 Å². The number of benzene rings is 2. The molecule has 0 radical (unpaired) electrons. The van der Waals surface area contributed by atoms with Crippen molar-refractivity contribution in [1.29, 1.82) is 0 Å². The molecule has 2 aromatic rings. The highest BCUT2D eigenvalue weighted by Crippen LogP contribution is 2.26. The maximum atomic E-state index is 12.9. The predicted octanol–water partition coefficient (Wildman–Crippen LogP) is 3.35. The van der Waals surface area contributed by atoms with Crippen LogP contribution in [0.4, 0.5) is 11.4 Å². The van der Waals surface area contributed by atoms with Gasteiger partial charge in [-0.05, 0) is 56.5 Å². The van der Waals surface area contributed by atoms with Crippen molar-refractivity contribution in [1.82, 2.24) is 4.31 Å². The SMILES string of the molecule is Cc1ccc(S(=O)(=O)N2CCCC(C(=O)Nc3cc(N)ccc3C)C2)cc1.Cl. The fraction of sp³-hybridized carbons (Fsp3) is 0.350. The van der Waals surface area contributed by atoms with Crippen molar-refractivity contribution in [3.05, 3.63) is 53.6 Å². The van der Waals surface area contributed by atoms with Crippen molar-refractivity contribution in [3.8, 4) is 0 Å². The van der Waals surface area contributed by atoms with Gasteiger partial charge in [0.25, 0.3) is 0 Å². The molecule has 2 aromatic carbocycles. The van der Waals surface area contributed by atoms with E-state index in [1.165, 1.54) is 4.31 Å². The molecule has 0 saturated carbocycles. The van der Waals surface area contributed by atoms with E-state index in [0.717, 1.165) is 11.1 Å². The van der Waals surface area contributed by atoms with Crippen molar-refractivity contribution in [2.75, 3.05) is 24.1 Å². The summed E-state index contributed by atoms with van der Waals surface area (Å²) in [5.41, 5.74) is 8.95. The minimum absolute atomic E-state index is 0. The third-order valence-corrected chi connectivity index (χ3v) is 6.81. The van der Waals surface area contributed by atoms with Gasteiger partial charge in [-0.15, -0.1) is 12.4 Å². The van der Waals surface area contributed by atoms with Crippen LogP contribution in [-0.4, -0.2) is 31.7 Å². The zero-order valence-electron chi connectivity index (χ0n) is 16.0. The maximum absolute atomic E-state index is 12.9. The van der Waals surface area contributed by atoms with Gasteiger partial charge in [-0.1, -0.05) is 23.8 Å². The standard InChI is InChI=1S/C20H25N3O3S.ClH/c1-14-5-9-18(10-6-14)27(25,26)23-11-3-4-16(13-23)20(24)22-19-12-17(21)8-7-15(19)2;/h5-10,12,16H,3-4,11,13,21H2,1-2H3,(H,22,24);1H. The van der Waals surface area contributed by atoms with Gasteiger partial charge in [-0.3, -0.25) is 4.79 Å². The zero-order chi connectivity index (χ0) is 19.6. The number of nitrogen functional groups attached to an aromatic ring is 1. The van der Waals surface area contributed by atoms with Crippen molar-refractivity contribution in [3.63, 3.8) is 0 Å². The first-order valence-corrected chi connectivity index (χ1v) is 10.4. The molecule has 3 N–H and O–H groups in total. The number of halogens is 1. The van der Waals surface area contributed by atoms with Gasteiger partial charge < -0.3 is 11.1 Å². The number of sulfonamides is 1. The van der Waals surface area contributed by atoms with Gasteiger partial charge in [0.1, 0.15) is 0 Å². The Morgan fingerprint density at radius 3 is 2.50 bits per heavy atom. The molecule has 152 valence electrons. The van der Waals surface area contributed by atoms with Crippen LogP contribution in [0.3, 0.4) is 0 Å². The summed E-state index contributed by atoms with van der Waals surface area (Å²) in [5, 5.41) is 2.90. The molecule has 8 heteroatoms. The van der Waals surface area contributed by atoms with Crippen LogP contribution in [0.25, 0.3) is 0 Å². The second-order valence-electron chi connectivity index (χ2n) is 7.08. The van der Waals surface area contributed by atoms with E-state index in [1.54, 1.807) is 36.4 Å². The van der Waals surface area contributed by atoms with Gasteiger partial charge in [0, 0.05) is 24.5 Å². The summed E-state index contributed by atoms with van der Waals surface area (Å²) in [6.45, 7) is 4.42. The molecule has 0 aromatic heterocycles. The molecule has 1 unspecified atom stereocenters. The number of nitrogens with one attached hydrogen (secondary N) is 1. The minimum Gasteiger partial charge on any atom is -0.399 e. The number of nitrogens with zero attached hydrogens (tertiary/aromatic N) is 1. The highest BCUT2D eigenvalue weighted by atomic mass is 35.5. The third-order valence-electron chi connectivity index (χ3n) is 4.93. The largest absolute Gasteiger partial charge is 0.399 e. The average Bonchev–Trinajstić information content (AvgIpc) is 2.65. The number of amides is 1. The van der Waals surface area contributed by atoms with Crippen molar-refractivity contribution in [2.24, 2.45) is 5.92 Å². The minimum atomic E-state index is -3.60. The monoisotopic (exact) mass is 423 g/mol. The first-order valence-electron chi connectivity index (χ1n) is 9.01. The van der Waals surface area contributed by atoms with Crippen LogP contribution in [0, 0.1) is 19.8 Å². The van der Waals surface area contributed by atoms with Crippen molar-refractivity contribution in [2.45, 2.75) is 31.6 Å². The van der Waals surface area contributed by atoms with E-state index in [-0.39, 0.29) is 35.7 Å². The smallest absolute Gasteiger partial charge is 0.243 e. The van der Waals surface area contributed by atoms with Crippen LogP contribution >= 0.6 is 12.4 Å². The molecule has 1 aliphatic heterocycles. The third kappa shape index (κ3) is 4.84. The fourth-order valence-corrected chi connectivity index (χ4v) is 4.77. The molecule has 0 spiro atoms. The molecular weight excluding hydrogens is 398 g/mol. The van der Waals surface area contributed by atoms with E-state index in [2.05, 4.69) is 5.32 Å². The summed E-state index contributed by atoms with van der Waals surface area (Å²) in [6.07, 6.45) is 1.31. The molecule has 1 aliphatic rings. The molecule has 6 nitrogen and oxygen atoms in total. The molecule has 3 rings (SSSR count). The van der Waals surface area contributed by atoms with Gasteiger partial charge in [0.05, 0.1) is 10.8 Å². The Bertz CT molecular complexity index is 946. The second-order valence-corrected chi connectivity index (χ2v) is 9.02. The summed E-state index contributed by atoms with van der Waals surface area (Å²) in [5.74, 6) is -0.563. The Hall–Kier alpha value is -2.09. The summed E-state index contributed by atoms with van der Waals surface area (Å²) >= 11 is 0. The number of aryl methyl sites for hydroxylation is 2. The summed E-state index contributed by atoms with van der Waals surface area (Å²) in [4.78, 5) is 13.0. The molecular formula is C20H26ClN3O3S. The van der Waals surface area contributed by atoms with Gasteiger partial charge >= 0.3 is 0 Å². The van der Waals surface area contributed by atoms with Crippen LogP contribution in [0.1, 0.15) is 24.0 Å². The number of carbonyl (C=O) groups is 1. The fourth-order valence-electron chi connectivity index (χ4n) is 3.24. The lowest BCUT2D eigenvalue weighted by atomic mass is 9.98. The Morgan fingerprint density at radius 1 is 1.14 bits per heavy atom. The van der Waals surface area contributed by atoms with Crippen molar-refractivity contribution >= 4 is 39.7 Å². The number of carbonyl (C=O) groups excluding carboxylic acids is 1. The molecule has 0 bridgehead atoms. The second kappa shape index (κ2) is 8.94. The summed E-state index contributed by atoms with van der Waals surface area (Å²) < 4.78 is 27.2. The van der Waals surface area contributed by atoms with Crippen LogP contribution in [-0.2, 0) is 14.8 Å². The highest BCUT2D eigenvalue weighted by Gasteiger charge is 2.33. The van der Waals surface area contributed by atoms with Gasteiger partial charge in [-0.2, -0.15) is 4.31 Å². The zero-order valence-corrected chi connectivity index (χ0v) is 17.6. The molecule has 1 saturated heterocycles. The normalized spacial score (nSPS) is 17.6. The number of rotatable bonds is 4. The van der Waals surface area contributed by atoms with E-state index in [9.17, 15) is 13.2 Å². The lowest BCUT2D eigenvalue weighted by Gasteiger charge is -2.31. The summed E-state index contributed by atoms with van der Waals surface area (Å²) in [7, 11) is -3.60. The Kier molecular flexibility index (Phi) is 7.09. The summed E-state index contributed by atoms with van der Waals surface area (Å²) in [6, 6.07) is 12.1. The molecule has 1 amide bonds. The van der Waals surface area contributed by atoms with Gasteiger partial charge in [-0.25, -0.2) is 8.42 Å². The number of piperidine rings is 1. The Morgan fingerprint density at radius 2 is 1.82 bits per heavy atom. The molecule has 0 aliphatic carbocycles. The Balaban J connectivity index is 0.00000280. The highest BCUT2D eigenvalue weighted by molar-refractivity contribution is 7.89. The quantitative estimate of drug-likeness (QED) is 0.737. The molecule has 28 heavy (non-hydrogen) atoms. The van der Waals surface area contributed by atoms with Crippen LogP contribution in [0.5, 0.6) is 0 Å². The van der Waals surface area contributed by atoms with Crippen molar-refractivity contribution < 1.29 is 13.2 Å². The molecule has 1 atom stereocenters. The predicted molar refractivity (Wildman–Crippen MR) is 114 cm³/mol. The number of nitrogens with two attached hydrogens (primary N) is 1. The molecule has 1 fully saturated rings. The number of hydrogen-bond donors (Lipinski definition) is 2. The lowest BCUT2D eigenvalue weighted by Crippen LogP contribution is -2.43. The maximum Gasteiger partial charge on any atom is 0.243 e. The number of hydrogen-bond acceptors (Lipinski definition) is 4. The molecule has 1 heterocycles. The van der Waals surface area contributed by atoms with Crippen LogP contribution in [0.2, 0.25) is 0 Å². The van der Waals surface area contributed by atoms with Gasteiger partial charge in [0.15, 0.2) is 0 Å². The van der Waals surface area contributed by atoms with E-state index in [0.29, 0.717) is 30.8 Å². The Labute approximate surface area is 172 Å². The average molecular weight is 424 g/mol. The van der Waals surface area contributed by atoms with E-state index < -0.39 is 10.0 Å². The van der Waals surface area contributed by atoms with E-state index >= 15 is 0 Å². The number of anilines is 2. The first-order chi connectivity index (χ1) is 12.8. The lowest BCUT2D eigenvalue weighted by molar-refractivity contribution is -0.120. The van der Waals surface area contributed by atoms with E-state index in [1.807, 2.05) is 19.9 Å².